The number of halogens is 1. The van der Waals surface area contributed by atoms with Crippen molar-refractivity contribution in [2.45, 2.75) is 4.90 Å². The van der Waals surface area contributed by atoms with Crippen molar-refractivity contribution in [3.05, 3.63) is 82.7 Å². The van der Waals surface area contributed by atoms with Crippen LogP contribution in [0.4, 0.5) is 11.5 Å². The molecular formula is C22H15ClN4O2S2. The van der Waals surface area contributed by atoms with Crippen LogP contribution in [0, 0.1) is 11.3 Å². The molecule has 0 aliphatic rings. The van der Waals surface area contributed by atoms with E-state index in [1.165, 1.54) is 35.6 Å². The molecule has 0 saturated carbocycles. The second-order valence-corrected chi connectivity index (χ2v) is 9.61. The first-order valence-electron chi connectivity index (χ1n) is 9.01. The van der Waals surface area contributed by atoms with Crippen LogP contribution in [-0.2, 0) is 10.0 Å². The first kappa shape index (κ1) is 20.9. The third kappa shape index (κ3) is 4.39. The minimum Gasteiger partial charge on any atom is -0.383 e. The second-order valence-electron chi connectivity index (χ2n) is 6.54. The molecule has 0 saturated heterocycles. The monoisotopic (exact) mass is 466 g/mol. The molecule has 3 N–H and O–H groups in total. The maximum atomic E-state index is 12.5. The number of rotatable bonds is 5. The van der Waals surface area contributed by atoms with Crippen LogP contribution in [0.5, 0.6) is 0 Å². The van der Waals surface area contributed by atoms with E-state index in [2.05, 4.69) is 15.8 Å². The van der Waals surface area contributed by atoms with Crippen LogP contribution < -0.4 is 10.5 Å². The zero-order valence-corrected chi connectivity index (χ0v) is 18.3. The fraction of sp³-hybridized carbons (Fsp3) is 0. The third-order valence-corrected chi connectivity index (χ3v) is 7.06. The number of nitrogen functional groups attached to an aromatic ring is 1. The van der Waals surface area contributed by atoms with Gasteiger partial charge < -0.3 is 5.73 Å². The average Bonchev–Trinajstić information content (AvgIpc) is 3.28. The molecule has 0 spiro atoms. The maximum absolute atomic E-state index is 12.5. The number of aromatic nitrogens is 1. The molecule has 0 radical (unpaired) electrons. The smallest absolute Gasteiger partial charge is 0.261 e. The molecule has 4 rings (SSSR count). The van der Waals surface area contributed by atoms with E-state index in [0.29, 0.717) is 27.5 Å². The predicted molar refractivity (Wildman–Crippen MR) is 124 cm³/mol. The van der Waals surface area contributed by atoms with Crippen molar-refractivity contribution in [2.24, 2.45) is 0 Å². The number of nitrogens with two attached hydrogens (primary N) is 1. The van der Waals surface area contributed by atoms with Crippen molar-refractivity contribution in [3.63, 3.8) is 0 Å². The van der Waals surface area contributed by atoms with Crippen molar-refractivity contribution < 1.29 is 8.42 Å². The van der Waals surface area contributed by atoms with Gasteiger partial charge in [-0.3, -0.25) is 4.72 Å². The summed E-state index contributed by atoms with van der Waals surface area (Å²) in [6.07, 6.45) is 0. The number of thiophene rings is 1. The number of hydrogen-bond acceptors (Lipinski definition) is 6. The Balaban J connectivity index is 1.64. The minimum atomic E-state index is -3.74. The van der Waals surface area contributed by atoms with Gasteiger partial charge >= 0.3 is 0 Å². The van der Waals surface area contributed by atoms with Crippen LogP contribution in [0.2, 0.25) is 5.02 Å². The first-order valence-corrected chi connectivity index (χ1v) is 11.7. The molecule has 9 heteroatoms. The van der Waals surface area contributed by atoms with E-state index in [1.54, 1.807) is 24.3 Å². The predicted octanol–water partition coefficient (Wildman–Crippen LogP) is 5.39. The van der Waals surface area contributed by atoms with Crippen LogP contribution in [-0.4, -0.2) is 13.4 Å². The van der Waals surface area contributed by atoms with Gasteiger partial charge in [0, 0.05) is 26.7 Å². The Morgan fingerprint density at radius 1 is 1.06 bits per heavy atom. The molecule has 154 valence electrons. The van der Waals surface area contributed by atoms with Crippen molar-refractivity contribution in [1.82, 2.24) is 4.98 Å². The van der Waals surface area contributed by atoms with Gasteiger partial charge in [0.1, 0.15) is 17.5 Å². The molecular weight excluding hydrogens is 452 g/mol. The maximum Gasteiger partial charge on any atom is 0.261 e. The first-order chi connectivity index (χ1) is 14.9. The Morgan fingerprint density at radius 2 is 1.77 bits per heavy atom. The summed E-state index contributed by atoms with van der Waals surface area (Å²) in [6, 6.07) is 20.4. The van der Waals surface area contributed by atoms with E-state index in [1.807, 2.05) is 23.6 Å². The van der Waals surface area contributed by atoms with Crippen molar-refractivity contribution in [2.75, 3.05) is 10.5 Å². The van der Waals surface area contributed by atoms with Crippen LogP contribution in [0.25, 0.3) is 21.7 Å². The summed E-state index contributed by atoms with van der Waals surface area (Å²) < 4.78 is 27.6. The summed E-state index contributed by atoms with van der Waals surface area (Å²) >= 11 is 7.33. The molecule has 2 aromatic carbocycles. The fourth-order valence-corrected chi connectivity index (χ4v) is 4.93. The van der Waals surface area contributed by atoms with Crippen LogP contribution in [0.15, 0.2) is 77.0 Å². The Hall–Kier alpha value is -3.38. The van der Waals surface area contributed by atoms with Gasteiger partial charge in [-0.25, -0.2) is 13.4 Å². The highest BCUT2D eigenvalue weighted by Gasteiger charge is 2.16. The van der Waals surface area contributed by atoms with Crippen LogP contribution >= 0.6 is 22.9 Å². The molecule has 0 aliphatic carbocycles. The number of anilines is 2. The lowest BCUT2D eigenvalue weighted by molar-refractivity contribution is 0.601. The van der Waals surface area contributed by atoms with Gasteiger partial charge in [0.15, 0.2) is 0 Å². The molecule has 2 heterocycles. The minimum absolute atomic E-state index is 0.114. The Kier molecular flexibility index (Phi) is 5.65. The van der Waals surface area contributed by atoms with Gasteiger partial charge in [-0.05, 0) is 53.9 Å². The second kappa shape index (κ2) is 8.40. The number of pyridine rings is 1. The van der Waals surface area contributed by atoms with Crippen molar-refractivity contribution in [3.8, 4) is 27.8 Å². The van der Waals surface area contributed by atoms with Gasteiger partial charge in [-0.15, -0.1) is 11.3 Å². The molecule has 0 aliphatic heterocycles. The average molecular weight is 467 g/mol. The highest BCUT2D eigenvalue weighted by atomic mass is 35.5. The van der Waals surface area contributed by atoms with Crippen LogP contribution in [0.3, 0.4) is 0 Å². The summed E-state index contributed by atoms with van der Waals surface area (Å²) in [5.41, 5.74) is 8.81. The highest BCUT2D eigenvalue weighted by molar-refractivity contribution is 7.92. The lowest BCUT2D eigenvalue weighted by Gasteiger charge is -2.11. The van der Waals surface area contributed by atoms with Gasteiger partial charge in [0.2, 0.25) is 0 Å². The Morgan fingerprint density at radius 3 is 2.39 bits per heavy atom. The molecule has 31 heavy (non-hydrogen) atoms. The molecule has 6 nitrogen and oxygen atoms in total. The fourth-order valence-electron chi connectivity index (χ4n) is 2.99. The SMILES string of the molecule is N#Cc1c(-c2cccs2)cc(-c2ccc(NS(=O)(=O)c3ccc(Cl)cc3)cc2)nc1N. The molecule has 0 fully saturated rings. The summed E-state index contributed by atoms with van der Waals surface area (Å²) in [4.78, 5) is 5.38. The summed E-state index contributed by atoms with van der Waals surface area (Å²) in [7, 11) is -3.74. The molecule has 0 atom stereocenters. The number of hydrogen-bond donors (Lipinski definition) is 2. The number of nitrogens with zero attached hydrogens (tertiary/aromatic N) is 2. The van der Waals surface area contributed by atoms with Gasteiger partial charge in [0.05, 0.1) is 10.6 Å². The topological polar surface area (TPSA) is 109 Å². The zero-order valence-electron chi connectivity index (χ0n) is 15.9. The molecule has 4 aromatic rings. The molecule has 0 unspecified atom stereocenters. The lowest BCUT2D eigenvalue weighted by Crippen LogP contribution is -2.12. The summed E-state index contributed by atoms with van der Waals surface area (Å²) in [5.74, 6) is 0.149. The van der Waals surface area contributed by atoms with E-state index < -0.39 is 10.0 Å². The quantitative estimate of drug-likeness (QED) is 0.410. The van der Waals surface area contributed by atoms with E-state index in [-0.39, 0.29) is 10.7 Å². The standard InChI is InChI=1S/C22H15ClN4O2S2/c23-15-5-9-17(10-6-15)31(28,29)27-16-7-3-14(4-8-16)20-12-18(21-2-1-11-30-21)19(13-24)22(25)26-20/h1-12,27H,(H2,25,26). The molecule has 0 bridgehead atoms. The third-order valence-electron chi connectivity index (χ3n) is 4.50. The van der Waals surface area contributed by atoms with Gasteiger partial charge in [0.25, 0.3) is 10.0 Å². The van der Waals surface area contributed by atoms with Gasteiger partial charge in [-0.1, -0.05) is 29.8 Å². The lowest BCUT2D eigenvalue weighted by atomic mass is 10.0. The van der Waals surface area contributed by atoms with E-state index >= 15 is 0 Å². The van der Waals surface area contributed by atoms with Crippen molar-refractivity contribution >= 4 is 44.5 Å². The van der Waals surface area contributed by atoms with Crippen LogP contribution in [0.1, 0.15) is 5.56 Å². The van der Waals surface area contributed by atoms with Crippen molar-refractivity contribution in [1.29, 1.82) is 5.26 Å². The Bertz CT molecular complexity index is 1380. The normalized spacial score (nSPS) is 11.1. The summed E-state index contributed by atoms with van der Waals surface area (Å²) in [5, 5.41) is 11.9. The zero-order chi connectivity index (χ0) is 22.0. The molecule has 2 aromatic heterocycles. The number of sulfonamides is 1. The number of benzene rings is 2. The Labute approximate surface area is 188 Å². The van der Waals surface area contributed by atoms with Gasteiger partial charge in [-0.2, -0.15) is 5.26 Å². The largest absolute Gasteiger partial charge is 0.383 e. The van der Waals surface area contributed by atoms with E-state index in [0.717, 1.165) is 10.4 Å². The summed E-state index contributed by atoms with van der Waals surface area (Å²) in [6.45, 7) is 0. The number of nitriles is 1. The van der Waals surface area contributed by atoms with E-state index in [9.17, 15) is 13.7 Å². The molecule has 0 amide bonds. The number of nitrogens with one attached hydrogen (secondary N) is 1. The van der Waals surface area contributed by atoms with E-state index in [4.69, 9.17) is 17.3 Å². The highest BCUT2D eigenvalue weighted by Crippen LogP contribution is 2.34.